The van der Waals surface area contributed by atoms with Gasteiger partial charge in [0.05, 0.1) is 0 Å². The van der Waals surface area contributed by atoms with E-state index in [0.717, 1.165) is 0 Å². The molecule has 1 aromatic rings. The van der Waals surface area contributed by atoms with Crippen molar-refractivity contribution >= 4 is 174 Å². The fourth-order valence-electron chi connectivity index (χ4n) is 2.02. The second-order valence-electron chi connectivity index (χ2n) is 5.41. The maximum Gasteiger partial charge on any atom is 0.227 e. The summed E-state index contributed by atoms with van der Waals surface area (Å²) in [6.45, 7) is 1.49. The molecule has 0 unspecified atom stereocenters. The van der Waals surface area contributed by atoms with Gasteiger partial charge in [0, 0.05) is 0 Å². The van der Waals surface area contributed by atoms with Crippen molar-refractivity contribution in [3.8, 4) is 0 Å². The predicted molar refractivity (Wildman–Crippen MR) is 132 cm³/mol. The van der Waals surface area contributed by atoms with Crippen LogP contribution in [0.4, 0.5) is 0 Å². The molecule has 0 aliphatic heterocycles. The fraction of sp³-hybridized carbons (Fsp3) is 0.538. The third kappa shape index (κ3) is 5.79. The average Bonchev–Trinajstić information content (AvgIpc) is 2.42. The van der Waals surface area contributed by atoms with Crippen LogP contribution in [0.3, 0.4) is 0 Å². The van der Waals surface area contributed by atoms with E-state index in [1.807, 2.05) is 0 Å². The second kappa shape index (κ2) is 9.31. The van der Waals surface area contributed by atoms with Gasteiger partial charge in [-0.3, -0.25) is 0 Å². The summed E-state index contributed by atoms with van der Waals surface area (Å²) < 4.78 is -13.2. The van der Waals surface area contributed by atoms with Gasteiger partial charge in [-0.05, 0) is 41.3 Å². The van der Waals surface area contributed by atoms with Crippen molar-refractivity contribution in [1.82, 2.24) is 0 Å². The van der Waals surface area contributed by atoms with Gasteiger partial charge in [-0.25, -0.2) is 0 Å². The summed E-state index contributed by atoms with van der Waals surface area (Å²) in [6, 6.07) is 2.51. The fourth-order valence-corrected chi connectivity index (χ4v) is 3.96. The van der Waals surface area contributed by atoms with Gasteiger partial charge in [0.2, 0.25) is 11.4 Å². The van der Waals surface area contributed by atoms with Crippen molar-refractivity contribution < 1.29 is 0 Å². The number of hydrogen-bond acceptors (Lipinski definition) is 0. The predicted octanol–water partition coefficient (Wildman–Crippen LogP) is 11.0. The summed E-state index contributed by atoms with van der Waals surface area (Å²) in [4.78, 5) is 0. The standard InChI is InChI=1S/C13H5Cl15/c1-4-6(9(16,17)12(23,24)25)2-5(8(14,15)11(20,21)22)3-7(4)10(18,19)13(26,27)28/h2-3H,1H3. The molecule has 0 aromatic heterocycles. The highest BCUT2D eigenvalue weighted by Gasteiger charge is 2.54. The Bertz CT molecular complexity index is 685. The molecular weight excluding hydrogens is 688 g/mol. The number of halogens is 15. The molecule has 1 aromatic carbocycles. The van der Waals surface area contributed by atoms with Gasteiger partial charge in [-0.15, -0.1) is 0 Å². The van der Waals surface area contributed by atoms with Crippen molar-refractivity contribution in [2.75, 3.05) is 0 Å². The normalized spacial score (nSPS) is 15.1. The maximum absolute atomic E-state index is 6.31. The summed E-state index contributed by atoms with van der Waals surface area (Å²) in [6.07, 6.45) is 0. The van der Waals surface area contributed by atoms with Gasteiger partial charge < -0.3 is 0 Å². The van der Waals surface area contributed by atoms with Crippen molar-refractivity contribution in [2.45, 2.75) is 31.3 Å². The van der Waals surface area contributed by atoms with E-state index < -0.39 is 24.4 Å². The first kappa shape index (κ1) is 29.6. The van der Waals surface area contributed by atoms with Gasteiger partial charge in [-0.2, -0.15) is 0 Å². The summed E-state index contributed by atoms with van der Waals surface area (Å²) in [7, 11) is 0. The van der Waals surface area contributed by atoms with Crippen LogP contribution in [-0.4, -0.2) is 11.4 Å². The van der Waals surface area contributed by atoms with E-state index >= 15 is 0 Å². The first-order valence-corrected chi connectivity index (χ1v) is 12.2. The summed E-state index contributed by atoms with van der Waals surface area (Å²) in [5, 5.41) is 0. The van der Waals surface area contributed by atoms with Crippen molar-refractivity contribution in [3.63, 3.8) is 0 Å². The van der Waals surface area contributed by atoms with Crippen LogP contribution in [0, 0.1) is 6.92 Å². The minimum atomic E-state index is -2.24. The van der Waals surface area contributed by atoms with E-state index in [-0.39, 0.29) is 22.3 Å². The van der Waals surface area contributed by atoms with Gasteiger partial charge in [0.1, 0.15) is 0 Å². The van der Waals surface area contributed by atoms with Crippen molar-refractivity contribution in [2.24, 2.45) is 0 Å². The highest BCUT2D eigenvalue weighted by Crippen LogP contribution is 2.60. The maximum atomic E-state index is 6.31. The summed E-state index contributed by atoms with van der Waals surface area (Å²) >= 11 is 91.0. The third-order valence-electron chi connectivity index (χ3n) is 3.51. The Morgan fingerprint density at radius 3 is 0.929 bits per heavy atom. The highest BCUT2D eigenvalue weighted by molar-refractivity contribution is 6.77. The molecule has 0 saturated heterocycles. The molecule has 0 aliphatic rings. The lowest BCUT2D eigenvalue weighted by atomic mass is 9.93. The molecular formula is C13H5Cl15. The van der Waals surface area contributed by atoms with E-state index in [1.54, 1.807) is 0 Å². The lowest BCUT2D eigenvalue weighted by molar-refractivity contribution is 0.802. The van der Waals surface area contributed by atoms with Crippen LogP contribution in [-0.2, 0) is 13.0 Å². The Kier molecular flexibility index (Phi) is 9.85. The van der Waals surface area contributed by atoms with Gasteiger partial charge in [0.25, 0.3) is 0 Å². The number of rotatable bonds is 3. The average molecular weight is 693 g/mol. The zero-order valence-electron chi connectivity index (χ0n) is 12.8. The largest absolute Gasteiger partial charge is 0.227 e. The summed E-state index contributed by atoms with van der Waals surface area (Å²) in [5.41, 5.74) is 0.0440. The van der Waals surface area contributed by atoms with Crippen LogP contribution < -0.4 is 0 Å². The Morgan fingerprint density at radius 2 is 0.714 bits per heavy atom. The van der Waals surface area contributed by atoms with Crippen LogP contribution in [0.15, 0.2) is 12.1 Å². The minimum Gasteiger partial charge on any atom is -0.0915 e. The van der Waals surface area contributed by atoms with Crippen LogP contribution in [0.25, 0.3) is 0 Å². The van der Waals surface area contributed by atoms with E-state index in [1.165, 1.54) is 19.1 Å². The Morgan fingerprint density at radius 1 is 0.464 bits per heavy atom. The molecule has 0 nitrogen and oxygen atoms in total. The van der Waals surface area contributed by atoms with Crippen LogP contribution in [0.5, 0.6) is 0 Å². The highest BCUT2D eigenvalue weighted by atomic mass is 35.6. The topological polar surface area (TPSA) is 0 Å². The second-order valence-corrected chi connectivity index (χ2v) is 16.2. The lowest BCUT2D eigenvalue weighted by Gasteiger charge is -2.36. The Hall–Kier alpha value is 3.57. The molecule has 0 spiro atoms. The first-order valence-electron chi connectivity index (χ1n) is 6.49. The minimum absolute atomic E-state index is 0.0387. The van der Waals surface area contributed by atoms with E-state index in [2.05, 4.69) is 0 Å². The molecule has 0 aliphatic carbocycles. The monoisotopic (exact) mass is 686 g/mol. The molecule has 0 atom stereocenters. The van der Waals surface area contributed by atoms with Crippen LogP contribution in [0.1, 0.15) is 22.3 Å². The molecule has 0 heterocycles. The Labute approximate surface area is 237 Å². The van der Waals surface area contributed by atoms with Crippen LogP contribution in [0.2, 0.25) is 0 Å². The number of benzene rings is 1. The smallest absolute Gasteiger partial charge is 0.0915 e. The number of alkyl halides is 15. The van der Waals surface area contributed by atoms with Crippen molar-refractivity contribution in [3.05, 3.63) is 34.4 Å². The molecule has 1 rings (SSSR count). The lowest BCUT2D eigenvalue weighted by Crippen LogP contribution is -2.35. The molecule has 0 amide bonds. The first-order chi connectivity index (χ1) is 12.0. The summed E-state index contributed by atoms with van der Waals surface area (Å²) in [5.74, 6) is 0. The molecule has 0 fully saturated rings. The third-order valence-corrected chi connectivity index (χ3v) is 10.8. The van der Waals surface area contributed by atoms with E-state index in [0.29, 0.717) is 0 Å². The van der Waals surface area contributed by atoms with E-state index in [9.17, 15) is 0 Å². The molecule has 0 radical (unpaired) electrons. The van der Waals surface area contributed by atoms with E-state index in [4.69, 9.17) is 174 Å². The molecule has 15 heteroatoms. The molecule has 0 N–H and O–H groups in total. The van der Waals surface area contributed by atoms with Gasteiger partial charge >= 0.3 is 0 Å². The zero-order valence-corrected chi connectivity index (χ0v) is 24.2. The van der Waals surface area contributed by atoms with Crippen LogP contribution >= 0.6 is 174 Å². The quantitative estimate of drug-likeness (QED) is 0.277. The molecule has 162 valence electrons. The SMILES string of the molecule is Cc1c(C(Cl)(Cl)C(Cl)(Cl)Cl)cc(C(Cl)(Cl)C(Cl)(Cl)Cl)cc1C(Cl)(Cl)C(Cl)(Cl)Cl. The Balaban J connectivity index is 4.06. The van der Waals surface area contributed by atoms with Gasteiger partial charge in [0.15, 0.2) is 13.0 Å². The molecule has 0 saturated carbocycles. The zero-order chi connectivity index (χ0) is 22.7. The number of hydrogen-bond donors (Lipinski definition) is 0. The van der Waals surface area contributed by atoms with Crippen molar-refractivity contribution in [1.29, 1.82) is 0 Å². The molecule has 28 heavy (non-hydrogen) atoms. The molecule has 0 bridgehead atoms. The van der Waals surface area contributed by atoms with Gasteiger partial charge in [-0.1, -0.05) is 174 Å².